The summed E-state index contributed by atoms with van der Waals surface area (Å²) in [6, 6.07) is 5.92. The number of benzene rings is 1. The van der Waals surface area contributed by atoms with E-state index in [2.05, 4.69) is 4.98 Å². The molecule has 1 aromatic heterocycles. The van der Waals surface area contributed by atoms with Gasteiger partial charge in [0.05, 0.1) is 6.42 Å². The van der Waals surface area contributed by atoms with E-state index in [1.54, 1.807) is 0 Å². The van der Waals surface area contributed by atoms with E-state index < -0.39 is 5.97 Å². The van der Waals surface area contributed by atoms with Crippen molar-refractivity contribution in [1.82, 2.24) is 4.98 Å². The van der Waals surface area contributed by atoms with Crippen LogP contribution in [0.15, 0.2) is 22.6 Å². The first kappa shape index (κ1) is 14.1. The summed E-state index contributed by atoms with van der Waals surface area (Å²) in [7, 11) is 0. The van der Waals surface area contributed by atoms with Crippen molar-refractivity contribution in [3.05, 3.63) is 29.7 Å². The van der Waals surface area contributed by atoms with Crippen LogP contribution >= 0.6 is 0 Å². The van der Waals surface area contributed by atoms with E-state index in [-0.39, 0.29) is 11.8 Å². The maximum atomic E-state index is 11.2. The molecule has 1 N–H and O–H groups in total. The molecule has 0 saturated heterocycles. The third kappa shape index (κ3) is 2.94. The van der Waals surface area contributed by atoms with Crippen LogP contribution in [0.25, 0.3) is 11.1 Å². The molecule has 0 spiro atoms. The largest absolute Gasteiger partial charge is 0.481 e. The molecule has 3 rings (SSSR count). The lowest BCUT2D eigenvalue weighted by Gasteiger charge is -2.35. The first-order valence-corrected chi connectivity index (χ1v) is 7.65. The fourth-order valence-electron chi connectivity index (χ4n) is 3.57. The van der Waals surface area contributed by atoms with Crippen LogP contribution in [0.1, 0.15) is 50.0 Å². The number of aromatic nitrogens is 1. The molecule has 21 heavy (non-hydrogen) atoms. The van der Waals surface area contributed by atoms with Gasteiger partial charge in [0.2, 0.25) is 0 Å². The van der Waals surface area contributed by atoms with Gasteiger partial charge < -0.3 is 9.52 Å². The topological polar surface area (TPSA) is 63.3 Å². The molecule has 2 aromatic rings. The molecule has 4 nitrogen and oxygen atoms in total. The van der Waals surface area contributed by atoms with Crippen LogP contribution in [0.2, 0.25) is 0 Å². The van der Waals surface area contributed by atoms with Crippen LogP contribution in [-0.2, 0) is 11.2 Å². The normalized spacial score (nSPS) is 18.0. The van der Waals surface area contributed by atoms with Gasteiger partial charge in [-0.3, -0.25) is 4.79 Å². The Morgan fingerprint density at radius 3 is 2.76 bits per heavy atom. The van der Waals surface area contributed by atoms with Crippen LogP contribution < -0.4 is 0 Å². The number of carboxylic acids is 1. The van der Waals surface area contributed by atoms with Crippen molar-refractivity contribution >= 4 is 17.1 Å². The Morgan fingerprint density at radius 1 is 1.33 bits per heavy atom. The smallest absolute Gasteiger partial charge is 0.303 e. The number of hydrogen-bond donors (Lipinski definition) is 1. The molecule has 1 aliphatic rings. The van der Waals surface area contributed by atoms with Gasteiger partial charge in [-0.05, 0) is 36.8 Å². The maximum absolute atomic E-state index is 11.2. The zero-order valence-electron chi connectivity index (χ0n) is 12.4. The highest BCUT2D eigenvalue weighted by Crippen LogP contribution is 2.42. The zero-order chi connectivity index (χ0) is 14.9. The lowest BCUT2D eigenvalue weighted by Crippen LogP contribution is -2.29. The fourth-order valence-corrected chi connectivity index (χ4v) is 3.57. The first-order valence-electron chi connectivity index (χ1n) is 7.65. The monoisotopic (exact) mass is 287 g/mol. The number of aliphatic carboxylic acids is 1. The predicted octanol–water partition coefficient (Wildman–Crippen LogP) is 4.10. The van der Waals surface area contributed by atoms with Crippen molar-refractivity contribution in [3.8, 4) is 0 Å². The molecule has 1 saturated carbocycles. The molecule has 0 amide bonds. The number of para-hydroxylation sites is 1. The molecule has 1 fully saturated rings. The predicted molar refractivity (Wildman–Crippen MR) is 80.2 cm³/mol. The highest BCUT2D eigenvalue weighted by molar-refractivity contribution is 5.76. The molecule has 0 bridgehead atoms. The zero-order valence-corrected chi connectivity index (χ0v) is 12.4. The molecule has 0 atom stereocenters. The average molecular weight is 287 g/mol. The molecule has 4 heteroatoms. The Balaban J connectivity index is 1.90. The Morgan fingerprint density at radius 2 is 2.10 bits per heavy atom. The Labute approximate surface area is 124 Å². The van der Waals surface area contributed by atoms with E-state index in [0.29, 0.717) is 12.3 Å². The van der Waals surface area contributed by atoms with Crippen molar-refractivity contribution in [2.45, 2.75) is 51.9 Å². The summed E-state index contributed by atoms with van der Waals surface area (Å²) >= 11 is 0. The molecule has 1 heterocycles. The van der Waals surface area contributed by atoms with Crippen LogP contribution in [0.4, 0.5) is 0 Å². The van der Waals surface area contributed by atoms with Crippen molar-refractivity contribution < 1.29 is 14.3 Å². The van der Waals surface area contributed by atoms with Gasteiger partial charge in [-0.1, -0.05) is 31.4 Å². The van der Waals surface area contributed by atoms with E-state index in [0.717, 1.165) is 42.3 Å². The second-order valence-electron chi connectivity index (χ2n) is 6.34. The highest BCUT2D eigenvalue weighted by Gasteiger charge is 2.36. The van der Waals surface area contributed by atoms with E-state index in [1.807, 2.05) is 25.1 Å². The lowest BCUT2D eigenvalue weighted by molar-refractivity contribution is -0.140. The van der Waals surface area contributed by atoms with Crippen LogP contribution in [0.5, 0.6) is 0 Å². The standard InChI is InChI=1S/C17H21NO3/c1-12-6-5-7-13-16(12)21-14(18-13)10-17(11-15(19)20)8-3-2-4-9-17/h5-7H,2-4,8-11H2,1H3,(H,19,20). The number of aryl methyl sites for hydroxylation is 1. The molecular formula is C17H21NO3. The van der Waals surface area contributed by atoms with E-state index in [4.69, 9.17) is 4.42 Å². The molecule has 1 aliphatic carbocycles. The number of fused-ring (bicyclic) bond motifs is 1. The van der Waals surface area contributed by atoms with Gasteiger partial charge in [0.15, 0.2) is 11.5 Å². The Hall–Kier alpha value is -1.84. The van der Waals surface area contributed by atoms with Gasteiger partial charge in [-0.25, -0.2) is 4.98 Å². The van der Waals surface area contributed by atoms with Gasteiger partial charge >= 0.3 is 5.97 Å². The first-order chi connectivity index (χ1) is 10.1. The third-order valence-corrected chi connectivity index (χ3v) is 4.62. The quantitative estimate of drug-likeness (QED) is 0.919. The fraction of sp³-hybridized carbons (Fsp3) is 0.529. The summed E-state index contributed by atoms with van der Waals surface area (Å²) in [6.07, 6.45) is 6.17. The van der Waals surface area contributed by atoms with Gasteiger partial charge in [-0.15, -0.1) is 0 Å². The van der Waals surface area contributed by atoms with Gasteiger partial charge in [0.25, 0.3) is 0 Å². The van der Waals surface area contributed by atoms with Crippen molar-refractivity contribution in [3.63, 3.8) is 0 Å². The SMILES string of the molecule is Cc1cccc2nc(CC3(CC(=O)O)CCCCC3)oc12. The summed E-state index contributed by atoms with van der Waals surface area (Å²) in [4.78, 5) is 15.8. The van der Waals surface area contributed by atoms with Gasteiger partial charge in [0.1, 0.15) is 5.52 Å². The number of hydrogen-bond acceptors (Lipinski definition) is 3. The maximum Gasteiger partial charge on any atom is 0.303 e. The minimum Gasteiger partial charge on any atom is -0.481 e. The average Bonchev–Trinajstić information content (AvgIpc) is 2.82. The number of nitrogens with zero attached hydrogens (tertiary/aromatic N) is 1. The van der Waals surface area contributed by atoms with Crippen molar-refractivity contribution in [2.24, 2.45) is 5.41 Å². The minimum absolute atomic E-state index is 0.182. The second-order valence-corrected chi connectivity index (χ2v) is 6.34. The van der Waals surface area contributed by atoms with Gasteiger partial charge in [-0.2, -0.15) is 0 Å². The Bertz CT molecular complexity index is 653. The number of carboxylic acid groups (broad SMARTS) is 1. The molecule has 112 valence electrons. The molecular weight excluding hydrogens is 266 g/mol. The van der Waals surface area contributed by atoms with Crippen LogP contribution in [0, 0.1) is 12.3 Å². The Kier molecular flexibility index (Phi) is 3.70. The summed E-state index contributed by atoms with van der Waals surface area (Å²) in [5, 5.41) is 9.24. The lowest BCUT2D eigenvalue weighted by atomic mass is 9.69. The van der Waals surface area contributed by atoms with E-state index in [9.17, 15) is 9.90 Å². The number of oxazole rings is 1. The number of carbonyl (C=O) groups is 1. The summed E-state index contributed by atoms with van der Waals surface area (Å²) in [6.45, 7) is 2.00. The van der Waals surface area contributed by atoms with Crippen LogP contribution in [-0.4, -0.2) is 16.1 Å². The summed E-state index contributed by atoms with van der Waals surface area (Å²) in [5.74, 6) is -0.0355. The van der Waals surface area contributed by atoms with Crippen molar-refractivity contribution in [1.29, 1.82) is 0 Å². The van der Waals surface area contributed by atoms with Gasteiger partial charge in [0, 0.05) is 6.42 Å². The summed E-state index contributed by atoms with van der Waals surface area (Å²) < 4.78 is 5.90. The second kappa shape index (κ2) is 5.51. The van der Waals surface area contributed by atoms with E-state index in [1.165, 1.54) is 6.42 Å². The number of rotatable bonds is 4. The minimum atomic E-state index is -0.718. The highest BCUT2D eigenvalue weighted by atomic mass is 16.4. The third-order valence-electron chi connectivity index (χ3n) is 4.62. The van der Waals surface area contributed by atoms with E-state index >= 15 is 0 Å². The molecule has 1 aromatic carbocycles. The molecule has 0 unspecified atom stereocenters. The van der Waals surface area contributed by atoms with Crippen LogP contribution in [0.3, 0.4) is 0 Å². The van der Waals surface area contributed by atoms with Crippen molar-refractivity contribution in [2.75, 3.05) is 0 Å². The molecule has 0 aliphatic heterocycles. The molecule has 0 radical (unpaired) electrons. The summed E-state index contributed by atoms with van der Waals surface area (Å²) in [5.41, 5.74) is 2.58.